The van der Waals surface area contributed by atoms with Crippen molar-refractivity contribution in [3.05, 3.63) is 23.8 Å². The summed E-state index contributed by atoms with van der Waals surface area (Å²) in [5.41, 5.74) is 1.26. The predicted octanol–water partition coefficient (Wildman–Crippen LogP) is 3.54. The fraction of sp³-hybridized carbons (Fsp3) is 0.647. The molecule has 0 unspecified atom stereocenters. The van der Waals surface area contributed by atoms with Crippen LogP contribution in [0.3, 0.4) is 0 Å². The molecule has 134 valence electrons. The summed E-state index contributed by atoms with van der Waals surface area (Å²) in [4.78, 5) is 2.54. The first kappa shape index (κ1) is 22.3. The van der Waals surface area contributed by atoms with Gasteiger partial charge >= 0.3 is 0 Å². The highest BCUT2D eigenvalue weighted by atomic mass is 35.5. The van der Waals surface area contributed by atoms with Gasteiger partial charge in [-0.25, -0.2) is 0 Å². The van der Waals surface area contributed by atoms with Crippen LogP contribution >= 0.6 is 24.8 Å². The van der Waals surface area contributed by atoms with E-state index in [1.807, 2.05) is 18.2 Å². The van der Waals surface area contributed by atoms with E-state index in [9.17, 15) is 0 Å². The van der Waals surface area contributed by atoms with Crippen LogP contribution in [0.25, 0.3) is 0 Å². The molecule has 1 saturated heterocycles. The first-order valence-electron chi connectivity index (χ1n) is 7.64. The summed E-state index contributed by atoms with van der Waals surface area (Å²) in [6.07, 6.45) is 0. The molecule has 1 aromatic carbocycles. The van der Waals surface area contributed by atoms with E-state index in [4.69, 9.17) is 9.47 Å². The lowest BCUT2D eigenvalue weighted by molar-refractivity contribution is 0.0820. The highest BCUT2D eigenvalue weighted by molar-refractivity contribution is 5.85. The van der Waals surface area contributed by atoms with Gasteiger partial charge < -0.3 is 14.8 Å². The molecule has 0 aliphatic carbocycles. The Balaban J connectivity index is 0.00000242. The topological polar surface area (TPSA) is 33.7 Å². The molecule has 0 radical (unpaired) electrons. The molecule has 0 spiro atoms. The van der Waals surface area contributed by atoms with Crippen molar-refractivity contribution in [3.63, 3.8) is 0 Å². The van der Waals surface area contributed by atoms with E-state index in [1.165, 1.54) is 0 Å². The van der Waals surface area contributed by atoms with E-state index in [0.29, 0.717) is 0 Å². The van der Waals surface area contributed by atoms with Crippen LogP contribution in [-0.4, -0.2) is 45.3 Å². The minimum atomic E-state index is 0. The van der Waals surface area contributed by atoms with Crippen LogP contribution in [0.15, 0.2) is 18.2 Å². The van der Waals surface area contributed by atoms with Crippen LogP contribution in [0, 0.1) is 5.41 Å². The average molecular weight is 365 g/mol. The molecule has 0 saturated carbocycles. The van der Waals surface area contributed by atoms with Crippen molar-refractivity contribution >= 4 is 24.8 Å². The van der Waals surface area contributed by atoms with E-state index in [1.54, 1.807) is 14.2 Å². The first-order valence-corrected chi connectivity index (χ1v) is 7.64. The standard InChI is InChI=1S/C17H28N2O2.2ClH/c1-17(2,3)16(19-11-9-18-10-12-19)15-13(20-4)7-6-8-14(15)21-5;;/h6-8,16,18H,9-12H2,1-5H3;2*1H/t16-;;/m0../s1. The Morgan fingerprint density at radius 1 is 1.00 bits per heavy atom. The minimum absolute atomic E-state index is 0. The lowest BCUT2D eigenvalue weighted by atomic mass is 9.80. The van der Waals surface area contributed by atoms with Crippen LogP contribution in [0.1, 0.15) is 32.4 Å². The second kappa shape index (κ2) is 9.58. The summed E-state index contributed by atoms with van der Waals surface area (Å²) < 4.78 is 11.3. The molecule has 1 aliphatic rings. The third-order valence-corrected chi connectivity index (χ3v) is 4.08. The lowest BCUT2D eigenvalue weighted by Crippen LogP contribution is -2.48. The summed E-state index contributed by atoms with van der Waals surface area (Å²) in [5.74, 6) is 1.82. The quantitative estimate of drug-likeness (QED) is 0.885. The second-order valence-corrected chi connectivity index (χ2v) is 6.63. The highest BCUT2D eigenvalue weighted by Gasteiger charge is 2.36. The molecule has 0 amide bonds. The second-order valence-electron chi connectivity index (χ2n) is 6.63. The van der Waals surface area contributed by atoms with E-state index in [0.717, 1.165) is 43.2 Å². The predicted molar refractivity (Wildman–Crippen MR) is 101 cm³/mol. The molecule has 4 nitrogen and oxygen atoms in total. The number of hydrogen-bond donors (Lipinski definition) is 1. The fourth-order valence-electron chi connectivity index (χ4n) is 3.25. The Labute approximate surface area is 152 Å². The minimum Gasteiger partial charge on any atom is -0.496 e. The van der Waals surface area contributed by atoms with Gasteiger partial charge in [-0.1, -0.05) is 26.8 Å². The van der Waals surface area contributed by atoms with Crippen LogP contribution in [-0.2, 0) is 0 Å². The first-order chi connectivity index (χ1) is 9.99. The molecule has 1 heterocycles. The van der Waals surface area contributed by atoms with Crippen molar-refractivity contribution in [2.24, 2.45) is 5.41 Å². The summed E-state index contributed by atoms with van der Waals surface area (Å²) in [5, 5.41) is 3.43. The number of methoxy groups -OCH3 is 2. The van der Waals surface area contributed by atoms with Gasteiger partial charge in [0.25, 0.3) is 0 Å². The Morgan fingerprint density at radius 2 is 1.48 bits per heavy atom. The number of rotatable bonds is 4. The number of hydrogen-bond acceptors (Lipinski definition) is 4. The number of piperazine rings is 1. The molecule has 23 heavy (non-hydrogen) atoms. The molecule has 1 atom stereocenters. The van der Waals surface area contributed by atoms with Gasteiger partial charge in [0.2, 0.25) is 0 Å². The van der Waals surface area contributed by atoms with Gasteiger partial charge in [-0.05, 0) is 17.5 Å². The van der Waals surface area contributed by atoms with Crippen molar-refractivity contribution in [2.45, 2.75) is 26.8 Å². The zero-order chi connectivity index (χ0) is 15.5. The molecule has 0 aromatic heterocycles. The van der Waals surface area contributed by atoms with Crippen molar-refractivity contribution in [1.29, 1.82) is 0 Å². The number of ether oxygens (including phenoxy) is 2. The van der Waals surface area contributed by atoms with Gasteiger partial charge in [-0.2, -0.15) is 0 Å². The Hall–Kier alpha value is -0.680. The monoisotopic (exact) mass is 364 g/mol. The van der Waals surface area contributed by atoms with Crippen LogP contribution in [0.5, 0.6) is 11.5 Å². The third-order valence-electron chi connectivity index (χ3n) is 4.08. The average Bonchev–Trinajstić information content (AvgIpc) is 2.47. The van der Waals surface area contributed by atoms with E-state index in [2.05, 4.69) is 31.0 Å². The van der Waals surface area contributed by atoms with E-state index in [-0.39, 0.29) is 36.3 Å². The van der Waals surface area contributed by atoms with Gasteiger partial charge in [0.05, 0.1) is 19.8 Å². The molecule has 1 N–H and O–H groups in total. The molecular weight excluding hydrogens is 335 g/mol. The van der Waals surface area contributed by atoms with Gasteiger partial charge in [-0.3, -0.25) is 4.90 Å². The van der Waals surface area contributed by atoms with Crippen molar-refractivity contribution < 1.29 is 9.47 Å². The van der Waals surface area contributed by atoms with Gasteiger partial charge in [-0.15, -0.1) is 24.8 Å². The van der Waals surface area contributed by atoms with Crippen molar-refractivity contribution in [3.8, 4) is 11.5 Å². The van der Waals surface area contributed by atoms with E-state index < -0.39 is 0 Å². The number of nitrogens with one attached hydrogen (secondary N) is 1. The molecule has 1 aliphatic heterocycles. The normalized spacial score (nSPS) is 16.7. The number of nitrogens with zero attached hydrogens (tertiary/aromatic N) is 1. The summed E-state index contributed by atoms with van der Waals surface area (Å²) >= 11 is 0. The lowest BCUT2D eigenvalue weighted by Gasteiger charge is -2.43. The van der Waals surface area contributed by atoms with Crippen molar-refractivity contribution in [1.82, 2.24) is 10.2 Å². The van der Waals surface area contributed by atoms with Crippen LogP contribution < -0.4 is 14.8 Å². The third kappa shape index (κ3) is 5.15. The SMILES string of the molecule is COc1cccc(OC)c1[C@H](N1CCNCC1)C(C)(C)C.Cl.Cl. The number of halogens is 2. The van der Waals surface area contributed by atoms with Gasteiger partial charge in [0.15, 0.2) is 0 Å². The van der Waals surface area contributed by atoms with E-state index >= 15 is 0 Å². The zero-order valence-electron chi connectivity index (χ0n) is 14.7. The Bertz CT molecular complexity index is 450. The smallest absolute Gasteiger partial charge is 0.127 e. The zero-order valence-corrected chi connectivity index (χ0v) is 16.4. The fourth-order valence-corrected chi connectivity index (χ4v) is 3.25. The van der Waals surface area contributed by atoms with Crippen LogP contribution in [0.2, 0.25) is 0 Å². The number of benzene rings is 1. The summed E-state index contributed by atoms with van der Waals surface area (Å²) in [6, 6.07) is 6.31. The largest absolute Gasteiger partial charge is 0.496 e. The Kier molecular flexibility index (Phi) is 9.29. The van der Waals surface area contributed by atoms with Crippen molar-refractivity contribution in [2.75, 3.05) is 40.4 Å². The van der Waals surface area contributed by atoms with Crippen LogP contribution in [0.4, 0.5) is 0 Å². The summed E-state index contributed by atoms with van der Waals surface area (Å²) in [6.45, 7) is 11.0. The van der Waals surface area contributed by atoms with Gasteiger partial charge in [0.1, 0.15) is 11.5 Å². The molecular formula is C17H30Cl2N2O2. The summed E-state index contributed by atoms with van der Waals surface area (Å²) in [7, 11) is 3.46. The highest BCUT2D eigenvalue weighted by Crippen LogP contribution is 2.46. The molecule has 2 rings (SSSR count). The molecule has 1 aromatic rings. The molecule has 6 heteroatoms. The maximum Gasteiger partial charge on any atom is 0.127 e. The molecule has 1 fully saturated rings. The molecule has 0 bridgehead atoms. The van der Waals surface area contributed by atoms with Gasteiger partial charge in [0, 0.05) is 32.2 Å². The Morgan fingerprint density at radius 3 is 1.87 bits per heavy atom. The maximum atomic E-state index is 5.63. The maximum absolute atomic E-state index is 5.63.